The van der Waals surface area contributed by atoms with E-state index in [4.69, 9.17) is 8.83 Å². The first kappa shape index (κ1) is 29.1. The molecule has 0 aliphatic rings. The second-order valence-electron chi connectivity index (χ2n) is 12.3. The first-order chi connectivity index (χ1) is 24.6. The molecule has 0 aliphatic carbocycles. The number of benzene rings is 6. The monoisotopic (exact) mass is 641 g/mol. The van der Waals surface area contributed by atoms with Crippen LogP contribution in [0.2, 0.25) is 0 Å². The summed E-state index contributed by atoms with van der Waals surface area (Å²) in [6.07, 6.45) is 5.39. The minimum atomic E-state index is 0.563. The van der Waals surface area contributed by atoms with Gasteiger partial charge in [-0.3, -0.25) is 0 Å². The fourth-order valence-electron chi connectivity index (χ4n) is 7.36. The van der Waals surface area contributed by atoms with Gasteiger partial charge >= 0.3 is 0 Å². The Morgan fingerprint density at radius 3 is 1.92 bits per heavy atom. The molecule has 0 spiro atoms. The first-order valence-electron chi connectivity index (χ1n) is 16.4. The molecule has 0 N–H and O–H groups in total. The van der Waals surface area contributed by atoms with Gasteiger partial charge in [0.05, 0.1) is 28.4 Å². The molecular weight excluding hydrogens is 615 g/mol. The summed E-state index contributed by atoms with van der Waals surface area (Å²) in [7, 11) is 0. The van der Waals surface area contributed by atoms with Gasteiger partial charge in [-0.25, -0.2) is 0 Å². The smallest absolute Gasteiger partial charge is 0.136 e. The molecule has 50 heavy (non-hydrogen) atoms. The van der Waals surface area contributed by atoms with Gasteiger partial charge in [0.1, 0.15) is 28.4 Å². The molecule has 9 aromatic rings. The lowest BCUT2D eigenvalue weighted by Gasteiger charge is -2.16. The third kappa shape index (κ3) is 4.25. The third-order valence-corrected chi connectivity index (χ3v) is 9.64. The number of hydrogen-bond donors (Lipinski definition) is 0. The molecule has 5 nitrogen and oxygen atoms in total. The maximum absolute atomic E-state index is 10.4. The van der Waals surface area contributed by atoms with Crippen molar-refractivity contribution in [2.75, 3.05) is 0 Å². The molecule has 3 heterocycles. The first-order valence-corrected chi connectivity index (χ1v) is 16.4. The lowest BCUT2D eigenvalue weighted by Crippen LogP contribution is -2.00. The zero-order chi connectivity index (χ0) is 33.9. The quantitative estimate of drug-likeness (QED) is 0.138. The molecule has 5 heteroatoms. The minimum Gasteiger partial charge on any atom is -0.456 e. The predicted molar refractivity (Wildman–Crippen MR) is 203 cm³/mol. The van der Waals surface area contributed by atoms with Gasteiger partial charge in [0.25, 0.3) is 0 Å². The van der Waals surface area contributed by atoms with Crippen molar-refractivity contribution in [2.24, 2.45) is 0 Å². The Labute approximate surface area is 287 Å². The maximum atomic E-state index is 10.4. The fraction of sp³-hybridized carbons (Fsp3) is 0.0222. The molecule has 0 saturated heterocycles. The lowest BCUT2D eigenvalue weighted by molar-refractivity contribution is 0.663. The van der Waals surface area contributed by atoms with Crippen LogP contribution < -0.4 is 0 Å². The molecule has 0 fully saturated rings. The highest BCUT2D eigenvalue weighted by molar-refractivity contribution is 6.26. The molecule has 6 aromatic carbocycles. The summed E-state index contributed by atoms with van der Waals surface area (Å²) < 4.78 is 15.0. The number of nitriles is 2. The number of rotatable bonds is 5. The summed E-state index contributed by atoms with van der Waals surface area (Å²) in [5.74, 6) is 0. The van der Waals surface area contributed by atoms with Gasteiger partial charge in [0, 0.05) is 43.5 Å². The Morgan fingerprint density at radius 2 is 1.30 bits per heavy atom. The van der Waals surface area contributed by atoms with Crippen molar-refractivity contribution in [3.63, 3.8) is 0 Å². The molecule has 0 radical (unpaired) electrons. The number of aromatic nitrogens is 1. The third-order valence-electron chi connectivity index (χ3n) is 9.64. The van der Waals surface area contributed by atoms with E-state index in [0.29, 0.717) is 11.1 Å². The predicted octanol–water partition coefficient (Wildman–Crippen LogP) is 12.2. The summed E-state index contributed by atoms with van der Waals surface area (Å²) in [6, 6.07) is 43.5. The van der Waals surface area contributed by atoms with Gasteiger partial charge in [0.15, 0.2) is 0 Å². The van der Waals surface area contributed by atoms with Crippen molar-refractivity contribution >= 4 is 71.3 Å². The molecule has 3 aromatic heterocycles. The van der Waals surface area contributed by atoms with E-state index in [1.165, 1.54) is 0 Å². The van der Waals surface area contributed by atoms with E-state index in [1.54, 1.807) is 12.2 Å². The second kappa shape index (κ2) is 11.3. The van der Waals surface area contributed by atoms with Crippen LogP contribution in [0.4, 0.5) is 0 Å². The number of nitrogens with zero attached hydrogens (tertiary/aromatic N) is 3. The zero-order valence-corrected chi connectivity index (χ0v) is 27.1. The van der Waals surface area contributed by atoms with Crippen LogP contribution >= 0.6 is 0 Å². The Bertz CT molecular complexity index is 2990. The van der Waals surface area contributed by atoms with Crippen LogP contribution in [-0.4, -0.2) is 4.57 Å². The van der Waals surface area contributed by atoms with E-state index >= 15 is 0 Å². The van der Waals surface area contributed by atoms with E-state index < -0.39 is 0 Å². The Hall–Kier alpha value is -7.08. The van der Waals surface area contributed by atoms with Crippen LogP contribution in [0.3, 0.4) is 0 Å². The van der Waals surface area contributed by atoms with Gasteiger partial charge in [-0.2, -0.15) is 10.5 Å². The van der Waals surface area contributed by atoms with Gasteiger partial charge in [-0.15, -0.1) is 0 Å². The van der Waals surface area contributed by atoms with Crippen LogP contribution in [0.15, 0.2) is 154 Å². The average molecular weight is 642 g/mol. The van der Waals surface area contributed by atoms with E-state index in [2.05, 4.69) is 83.9 Å². The number of para-hydroxylation sites is 3. The number of hydrogen-bond acceptors (Lipinski definition) is 4. The van der Waals surface area contributed by atoms with Gasteiger partial charge < -0.3 is 13.4 Å². The standard InChI is InChI=1S/C45H27N3O2/c1-3-27(25-46)22-28(4-2)29-16-18-39-35(23-29)43-41(49-39)20-21-42-44(43)36-24-30(17-19-40(36)50-42)32-13-9-10-31(26-47)45(32)48-37-14-7-5-11-33(37)34-12-6-8-15-38(34)48/h3-24H,2H2,1H3/b27-3+,28-22+. The van der Waals surface area contributed by atoms with Crippen molar-refractivity contribution in [1.29, 1.82) is 10.5 Å². The fourth-order valence-corrected chi connectivity index (χ4v) is 7.36. The summed E-state index contributed by atoms with van der Waals surface area (Å²) >= 11 is 0. The Balaban J connectivity index is 1.32. The van der Waals surface area contributed by atoms with Crippen LogP contribution in [0.1, 0.15) is 18.1 Å². The average Bonchev–Trinajstić information content (AvgIpc) is 3.83. The highest BCUT2D eigenvalue weighted by atomic mass is 16.3. The maximum Gasteiger partial charge on any atom is 0.136 e. The van der Waals surface area contributed by atoms with E-state index in [-0.39, 0.29) is 0 Å². The van der Waals surface area contributed by atoms with Crippen LogP contribution in [0.25, 0.3) is 88.1 Å². The highest BCUT2D eigenvalue weighted by Crippen LogP contribution is 2.43. The minimum absolute atomic E-state index is 0.563. The molecule has 234 valence electrons. The number of fused-ring (bicyclic) bond motifs is 10. The summed E-state index contributed by atoms with van der Waals surface area (Å²) in [6.45, 7) is 5.86. The van der Waals surface area contributed by atoms with Crippen molar-refractivity contribution < 1.29 is 8.83 Å². The Morgan fingerprint density at radius 1 is 0.680 bits per heavy atom. The van der Waals surface area contributed by atoms with Crippen molar-refractivity contribution in [3.05, 3.63) is 157 Å². The van der Waals surface area contributed by atoms with Crippen LogP contribution in [0.5, 0.6) is 0 Å². The molecule has 0 amide bonds. The second-order valence-corrected chi connectivity index (χ2v) is 12.3. The van der Waals surface area contributed by atoms with Crippen LogP contribution in [-0.2, 0) is 0 Å². The van der Waals surface area contributed by atoms with Crippen molar-refractivity contribution in [3.8, 4) is 29.0 Å². The largest absolute Gasteiger partial charge is 0.456 e. The summed E-state index contributed by atoms with van der Waals surface area (Å²) in [4.78, 5) is 0. The molecule has 0 atom stereocenters. The molecule has 0 unspecified atom stereocenters. The van der Waals surface area contributed by atoms with Crippen molar-refractivity contribution in [2.45, 2.75) is 6.92 Å². The lowest BCUT2D eigenvalue weighted by atomic mass is 9.96. The van der Waals surface area contributed by atoms with E-state index in [9.17, 15) is 10.5 Å². The van der Waals surface area contributed by atoms with Crippen LogP contribution in [0, 0.1) is 22.7 Å². The van der Waals surface area contributed by atoms with E-state index in [1.807, 2.05) is 67.6 Å². The molecule has 0 aliphatic heterocycles. The highest BCUT2D eigenvalue weighted by Gasteiger charge is 2.21. The molecule has 0 bridgehead atoms. The topological polar surface area (TPSA) is 78.8 Å². The number of allylic oxidation sites excluding steroid dienone is 5. The molecular formula is C45H27N3O2. The Kier molecular flexibility index (Phi) is 6.56. The van der Waals surface area contributed by atoms with Gasteiger partial charge in [0.2, 0.25) is 0 Å². The molecule has 0 saturated carbocycles. The van der Waals surface area contributed by atoms with E-state index in [0.717, 1.165) is 93.6 Å². The molecule has 9 rings (SSSR count). The normalized spacial score (nSPS) is 12.4. The summed E-state index contributed by atoms with van der Waals surface area (Å²) in [5, 5.41) is 26.1. The van der Waals surface area contributed by atoms with Gasteiger partial charge in [-0.1, -0.05) is 79.4 Å². The van der Waals surface area contributed by atoms with Gasteiger partial charge in [-0.05, 0) is 84.3 Å². The SMILES string of the molecule is C=C/C(=C\C(C#N)=C/C)c1ccc2oc3ccc4oc5ccc(-c6cccc(C#N)c6-n6c7ccccc7c7ccccc76)cc5c4c3c2c1. The van der Waals surface area contributed by atoms with Crippen molar-refractivity contribution in [1.82, 2.24) is 4.57 Å². The number of furan rings is 2. The summed E-state index contributed by atoms with van der Waals surface area (Å²) in [5.41, 5.74) is 10.8. The zero-order valence-electron chi connectivity index (χ0n) is 27.1.